The molecular formula is C36H51N3. The third kappa shape index (κ3) is 5.46. The van der Waals surface area contributed by atoms with Crippen LogP contribution in [0.2, 0.25) is 0 Å². The minimum Gasteiger partial charge on any atom is -0.347 e. The molecule has 3 N–H and O–H groups in total. The van der Waals surface area contributed by atoms with E-state index in [2.05, 4.69) is 71.5 Å². The number of nitrogens with one attached hydrogen (secondary N) is 1. The fourth-order valence-corrected chi connectivity index (χ4v) is 9.67. The van der Waals surface area contributed by atoms with Gasteiger partial charge in [-0.2, -0.15) is 0 Å². The highest BCUT2D eigenvalue weighted by Crippen LogP contribution is 2.60. The first-order valence-electron chi connectivity index (χ1n) is 15.7. The first-order valence-corrected chi connectivity index (χ1v) is 15.7. The van der Waals surface area contributed by atoms with Gasteiger partial charge in [0.25, 0.3) is 0 Å². The van der Waals surface area contributed by atoms with E-state index in [0.29, 0.717) is 23.4 Å². The van der Waals surface area contributed by atoms with Gasteiger partial charge in [0.15, 0.2) is 0 Å². The normalized spacial score (nSPS) is 32.3. The van der Waals surface area contributed by atoms with Crippen molar-refractivity contribution in [2.45, 2.75) is 110 Å². The molecule has 1 heterocycles. The second kappa shape index (κ2) is 11.1. The van der Waals surface area contributed by atoms with E-state index < -0.39 is 0 Å². The predicted molar refractivity (Wildman–Crippen MR) is 165 cm³/mol. The summed E-state index contributed by atoms with van der Waals surface area (Å²) in [5, 5.41) is 5.39. The zero-order chi connectivity index (χ0) is 25.7. The van der Waals surface area contributed by atoms with Crippen molar-refractivity contribution in [3.63, 3.8) is 0 Å². The Balaban J connectivity index is 0.00000277. The largest absolute Gasteiger partial charge is 0.347 e. The van der Waals surface area contributed by atoms with Crippen LogP contribution in [0.3, 0.4) is 0 Å². The van der Waals surface area contributed by atoms with Crippen LogP contribution < -0.4 is 11.1 Å². The topological polar surface area (TPSA) is 43.0 Å². The van der Waals surface area contributed by atoms with E-state index in [4.69, 9.17) is 5.73 Å². The van der Waals surface area contributed by atoms with Gasteiger partial charge in [0.1, 0.15) is 0 Å². The molecule has 5 saturated carbocycles. The zero-order valence-electron chi connectivity index (χ0n) is 23.4. The van der Waals surface area contributed by atoms with E-state index in [1.165, 1.54) is 85.5 Å². The van der Waals surface area contributed by atoms with Gasteiger partial charge in [-0.05, 0) is 124 Å². The Morgan fingerprint density at radius 1 is 0.923 bits per heavy atom. The van der Waals surface area contributed by atoms with Crippen molar-refractivity contribution in [2.24, 2.45) is 28.9 Å². The maximum atomic E-state index is 6.17. The van der Waals surface area contributed by atoms with Gasteiger partial charge in [-0.3, -0.25) is 0 Å². The lowest BCUT2D eigenvalue weighted by Crippen LogP contribution is -2.47. The van der Waals surface area contributed by atoms with Crippen LogP contribution in [0.15, 0.2) is 54.7 Å². The Hall–Kier alpha value is -2.10. The molecule has 0 radical (unpaired) electrons. The molecule has 2 aromatic carbocycles. The monoisotopic (exact) mass is 525 g/mol. The summed E-state index contributed by atoms with van der Waals surface area (Å²) in [6.07, 6.45) is 17.5. The van der Waals surface area contributed by atoms with Gasteiger partial charge in [0.05, 0.1) is 0 Å². The number of aromatic nitrogens is 1. The summed E-state index contributed by atoms with van der Waals surface area (Å²) < 4.78 is 2.69. The van der Waals surface area contributed by atoms with Crippen LogP contribution in [0.25, 0.3) is 10.9 Å². The molecule has 3 heteroatoms. The van der Waals surface area contributed by atoms with Crippen LogP contribution in [0, 0.1) is 30.1 Å². The third-order valence-corrected chi connectivity index (χ3v) is 10.9. The summed E-state index contributed by atoms with van der Waals surface area (Å²) in [5.74, 6) is 3.42. The SMILES string of the molecule is C.Cc1cccc(C(CCNC2CCC(N)CC2)c2cn(CC34CC5CC(CC(C5)C3)C4)c3ccccc23)c1. The van der Waals surface area contributed by atoms with Crippen LogP contribution in [-0.4, -0.2) is 23.2 Å². The lowest BCUT2D eigenvalue weighted by Gasteiger charge is -2.57. The first kappa shape index (κ1) is 27.1. The molecule has 4 bridgehead atoms. The highest BCUT2D eigenvalue weighted by Gasteiger charge is 2.51. The van der Waals surface area contributed by atoms with Crippen LogP contribution in [-0.2, 0) is 6.54 Å². The van der Waals surface area contributed by atoms with Gasteiger partial charge < -0.3 is 15.6 Å². The number of benzene rings is 2. The maximum Gasteiger partial charge on any atom is 0.0483 e. The molecule has 8 rings (SSSR count). The molecule has 5 aliphatic carbocycles. The van der Waals surface area contributed by atoms with Crippen molar-refractivity contribution in [1.82, 2.24) is 9.88 Å². The maximum absolute atomic E-state index is 6.17. The average molecular weight is 526 g/mol. The lowest BCUT2D eigenvalue weighted by molar-refractivity contribution is -0.0613. The number of fused-ring (bicyclic) bond motifs is 1. The van der Waals surface area contributed by atoms with Gasteiger partial charge in [-0.15, -0.1) is 0 Å². The van der Waals surface area contributed by atoms with Crippen molar-refractivity contribution in [3.8, 4) is 0 Å². The highest BCUT2D eigenvalue weighted by atomic mass is 15.0. The Morgan fingerprint density at radius 3 is 2.31 bits per heavy atom. The van der Waals surface area contributed by atoms with Crippen molar-refractivity contribution < 1.29 is 0 Å². The summed E-state index contributed by atoms with van der Waals surface area (Å²) in [6, 6.07) is 19.6. The summed E-state index contributed by atoms with van der Waals surface area (Å²) >= 11 is 0. The number of para-hydroxylation sites is 1. The molecular weight excluding hydrogens is 474 g/mol. The summed E-state index contributed by atoms with van der Waals surface area (Å²) in [5.41, 5.74) is 12.5. The van der Waals surface area contributed by atoms with E-state index in [1.54, 1.807) is 0 Å². The van der Waals surface area contributed by atoms with Gasteiger partial charge in [-0.25, -0.2) is 0 Å². The average Bonchev–Trinajstić information content (AvgIpc) is 3.24. The standard InChI is InChI=1S/C35H47N3.CH4/c1-24-5-4-6-28(15-24)31(13-14-37-30-11-9-29(36)10-12-30)33-22-38(34-8-3-2-7-32(33)34)23-35-19-25-16-26(20-35)18-27(17-25)21-35;/h2-8,15,22,25-27,29-31,37H,9-14,16-21,23,36H2,1H3;1H4. The Morgan fingerprint density at radius 2 is 1.62 bits per heavy atom. The van der Waals surface area contributed by atoms with E-state index >= 15 is 0 Å². The lowest BCUT2D eigenvalue weighted by atomic mass is 9.49. The fourth-order valence-electron chi connectivity index (χ4n) is 9.67. The third-order valence-electron chi connectivity index (χ3n) is 10.9. The Bertz CT molecular complexity index is 1230. The smallest absolute Gasteiger partial charge is 0.0483 e. The molecule has 1 atom stereocenters. The van der Waals surface area contributed by atoms with Gasteiger partial charge in [-0.1, -0.05) is 55.5 Å². The molecule has 0 amide bonds. The summed E-state index contributed by atoms with van der Waals surface area (Å²) in [6.45, 7) is 4.52. The first-order chi connectivity index (χ1) is 18.5. The zero-order valence-corrected chi connectivity index (χ0v) is 23.4. The molecule has 3 nitrogen and oxygen atoms in total. The quantitative estimate of drug-likeness (QED) is 0.311. The molecule has 5 aliphatic rings. The van der Waals surface area contributed by atoms with Crippen LogP contribution in [0.5, 0.6) is 0 Å². The van der Waals surface area contributed by atoms with E-state index in [-0.39, 0.29) is 7.43 Å². The van der Waals surface area contributed by atoms with Crippen molar-refractivity contribution in [1.29, 1.82) is 0 Å². The number of aryl methyl sites for hydroxylation is 1. The second-order valence-corrected chi connectivity index (χ2v) is 14.0. The summed E-state index contributed by atoms with van der Waals surface area (Å²) in [7, 11) is 0. The van der Waals surface area contributed by atoms with Gasteiger partial charge in [0, 0.05) is 41.6 Å². The van der Waals surface area contributed by atoms with Crippen LogP contribution >= 0.6 is 0 Å². The Labute approximate surface area is 236 Å². The molecule has 5 fully saturated rings. The van der Waals surface area contributed by atoms with Crippen LogP contribution in [0.1, 0.15) is 101 Å². The van der Waals surface area contributed by atoms with Gasteiger partial charge >= 0.3 is 0 Å². The van der Waals surface area contributed by atoms with Crippen molar-refractivity contribution >= 4 is 10.9 Å². The fraction of sp³-hybridized carbons (Fsp3) is 0.611. The molecule has 0 saturated heterocycles. The molecule has 1 aromatic heterocycles. The Kier molecular flexibility index (Phi) is 7.68. The van der Waals surface area contributed by atoms with E-state index in [1.807, 2.05) is 0 Å². The predicted octanol–water partition coefficient (Wildman–Crippen LogP) is 8.18. The highest BCUT2D eigenvalue weighted by molar-refractivity contribution is 5.85. The summed E-state index contributed by atoms with van der Waals surface area (Å²) in [4.78, 5) is 0. The van der Waals surface area contributed by atoms with Crippen LogP contribution in [0.4, 0.5) is 0 Å². The van der Waals surface area contributed by atoms with Crippen molar-refractivity contribution in [2.75, 3.05) is 6.54 Å². The molecule has 3 aromatic rings. The molecule has 0 aliphatic heterocycles. The molecule has 0 spiro atoms. The molecule has 39 heavy (non-hydrogen) atoms. The minimum absolute atomic E-state index is 0. The van der Waals surface area contributed by atoms with Gasteiger partial charge in [0.2, 0.25) is 0 Å². The number of hydrogen-bond acceptors (Lipinski definition) is 2. The molecule has 210 valence electrons. The molecule has 1 unspecified atom stereocenters. The van der Waals surface area contributed by atoms with Crippen molar-refractivity contribution in [3.05, 3.63) is 71.4 Å². The van der Waals surface area contributed by atoms with E-state index in [0.717, 1.165) is 43.6 Å². The minimum atomic E-state index is 0. The number of hydrogen-bond donors (Lipinski definition) is 2. The number of rotatable bonds is 8. The number of nitrogens with zero attached hydrogens (tertiary/aromatic N) is 1. The number of nitrogens with two attached hydrogens (primary N) is 1. The van der Waals surface area contributed by atoms with E-state index in [9.17, 15) is 0 Å². The second-order valence-electron chi connectivity index (χ2n) is 14.0.